The normalized spacial score (nSPS) is 11.3. The van der Waals surface area contributed by atoms with Crippen molar-refractivity contribution in [1.82, 2.24) is 4.72 Å². The Kier molecular flexibility index (Phi) is 5.87. The first-order valence-corrected chi connectivity index (χ1v) is 9.24. The summed E-state index contributed by atoms with van der Waals surface area (Å²) in [5, 5.41) is 2.91. The standard InChI is InChI=1S/C16H16Cl2N2O3S/c1-10-5-11(2)7-13(6-10)20-16(21)9-19-24(22,23)15-8-12(17)3-4-14(15)18/h3-8,19H,9H2,1-2H3,(H,20,21). The summed E-state index contributed by atoms with van der Waals surface area (Å²) < 4.78 is 26.7. The number of carbonyl (C=O) groups is 1. The van der Waals surface area contributed by atoms with Crippen LogP contribution in [0.2, 0.25) is 10.0 Å². The zero-order valence-corrected chi connectivity index (χ0v) is 15.4. The van der Waals surface area contributed by atoms with Crippen molar-refractivity contribution < 1.29 is 13.2 Å². The van der Waals surface area contributed by atoms with Crippen molar-refractivity contribution in [3.05, 3.63) is 57.6 Å². The van der Waals surface area contributed by atoms with Crippen LogP contribution >= 0.6 is 23.2 Å². The number of halogens is 2. The van der Waals surface area contributed by atoms with Gasteiger partial charge in [-0.05, 0) is 55.3 Å². The van der Waals surface area contributed by atoms with Gasteiger partial charge in [0.2, 0.25) is 15.9 Å². The first-order chi connectivity index (χ1) is 11.2. The summed E-state index contributed by atoms with van der Waals surface area (Å²) in [7, 11) is -3.94. The lowest BCUT2D eigenvalue weighted by atomic mass is 10.1. The quantitative estimate of drug-likeness (QED) is 0.824. The third-order valence-electron chi connectivity index (χ3n) is 3.11. The molecule has 2 rings (SSSR count). The van der Waals surface area contributed by atoms with E-state index in [1.165, 1.54) is 18.2 Å². The van der Waals surface area contributed by atoms with E-state index >= 15 is 0 Å². The number of aryl methyl sites for hydroxylation is 2. The van der Waals surface area contributed by atoms with Gasteiger partial charge >= 0.3 is 0 Å². The average molecular weight is 387 g/mol. The molecule has 0 aromatic heterocycles. The maximum absolute atomic E-state index is 12.2. The highest BCUT2D eigenvalue weighted by Crippen LogP contribution is 2.24. The van der Waals surface area contributed by atoms with E-state index in [9.17, 15) is 13.2 Å². The van der Waals surface area contributed by atoms with Gasteiger partial charge in [-0.15, -0.1) is 0 Å². The zero-order valence-electron chi connectivity index (χ0n) is 13.1. The van der Waals surface area contributed by atoms with E-state index < -0.39 is 22.5 Å². The summed E-state index contributed by atoms with van der Waals surface area (Å²) in [6.45, 7) is 3.40. The molecule has 0 aliphatic carbocycles. The summed E-state index contributed by atoms with van der Waals surface area (Å²) in [4.78, 5) is 11.8. The Morgan fingerprint density at radius 2 is 1.67 bits per heavy atom. The number of nitrogens with one attached hydrogen (secondary N) is 2. The Labute approximate surface area is 151 Å². The molecule has 0 aliphatic heterocycles. The lowest BCUT2D eigenvalue weighted by Crippen LogP contribution is -2.33. The molecule has 0 unspecified atom stereocenters. The molecule has 128 valence electrons. The van der Waals surface area contributed by atoms with Gasteiger partial charge in [0.05, 0.1) is 11.6 Å². The zero-order chi connectivity index (χ0) is 17.9. The maximum atomic E-state index is 12.2. The Bertz CT molecular complexity index is 863. The molecule has 2 N–H and O–H groups in total. The van der Waals surface area contributed by atoms with Crippen LogP contribution in [0, 0.1) is 13.8 Å². The number of carbonyl (C=O) groups excluding carboxylic acids is 1. The lowest BCUT2D eigenvalue weighted by Gasteiger charge is -2.10. The van der Waals surface area contributed by atoms with Crippen LogP contribution in [0.3, 0.4) is 0 Å². The van der Waals surface area contributed by atoms with Gasteiger partial charge in [-0.25, -0.2) is 13.1 Å². The van der Waals surface area contributed by atoms with E-state index in [1.807, 2.05) is 19.9 Å². The Hall–Kier alpha value is -1.60. The van der Waals surface area contributed by atoms with E-state index in [-0.39, 0.29) is 14.9 Å². The number of anilines is 1. The van der Waals surface area contributed by atoms with Crippen molar-refractivity contribution >= 4 is 44.8 Å². The van der Waals surface area contributed by atoms with Gasteiger partial charge in [0, 0.05) is 10.7 Å². The van der Waals surface area contributed by atoms with Crippen LogP contribution in [0.5, 0.6) is 0 Å². The fourth-order valence-corrected chi connectivity index (χ4v) is 3.92. The second-order valence-electron chi connectivity index (χ2n) is 5.32. The number of sulfonamides is 1. The minimum absolute atomic E-state index is 0.0293. The van der Waals surface area contributed by atoms with Crippen molar-refractivity contribution in [1.29, 1.82) is 0 Å². The molecule has 8 heteroatoms. The van der Waals surface area contributed by atoms with E-state index in [1.54, 1.807) is 12.1 Å². The van der Waals surface area contributed by atoms with Crippen LogP contribution in [0.25, 0.3) is 0 Å². The van der Waals surface area contributed by atoms with E-state index in [0.717, 1.165) is 11.1 Å². The van der Waals surface area contributed by atoms with Gasteiger partial charge < -0.3 is 5.32 Å². The van der Waals surface area contributed by atoms with Gasteiger partial charge in [-0.3, -0.25) is 4.79 Å². The number of benzene rings is 2. The largest absolute Gasteiger partial charge is 0.325 e. The predicted molar refractivity (Wildman–Crippen MR) is 96.2 cm³/mol. The van der Waals surface area contributed by atoms with Crippen LogP contribution in [-0.4, -0.2) is 20.9 Å². The molecule has 0 saturated heterocycles. The third-order valence-corrected chi connectivity index (χ3v) is 5.23. The minimum atomic E-state index is -3.94. The molecular formula is C16H16Cl2N2O3S. The van der Waals surface area contributed by atoms with Crippen LogP contribution in [-0.2, 0) is 14.8 Å². The molecule has 0 aliphatic rings. The Morgan fingerprint density at radius 1 is 1.04 bits per heavy atom. The van der Waals surface area contributed by atoms with Gasteiger partial charge in [0.1, 0.15) is 4.90 Å². The van der Waals surface area contributed by atoms with Crippen molar-refractivity contribution in [2.75, 3.05) is 11.9 Å². The smallest absolute Gasteiger partial charge is 0.242 e. The first kappa shape index (κ1) is 18.7. The van der Waals surface area contributed by atoms with Gasteiger partial charge in [-0.1, -0.05) is 29.3 Å². The average Bonchev–Trinajstić information content (AvgIpc) is 2.46. The maximum Gasteiger partial charge on any atom is 0.242 e. The SMILES string of the molecule is Cc1cc(C)cc(NC(=O)CNS(=O)(=O)c2cc(Cl)ccc2Cl)c1. The molecule has 0 saturated carbocycles. The second kappa shape index (κ2) is 7.53. The lowest BCUT2D eigenvalue weighted by molar-refractivity contribution is -0.115. The second-order valence-corrected chi connectivity index (χ2v) is 7.90. The van der Waals surface area contributed by atoms with Crippen molar-refractivity contribution in [3.8, 4) is 0 Å². The molecule has 24 heavy (non-hydrogen) atoms. The molecule has 2 aromatic rings. The van der Waals surface area contributed by atoms with Gasteiger partial charge in [0.15, 0.2) is 0 Å². The van der Waals surface area contributed by atoms with Crippen LogP contribution in [0.4, 0.5) is 5.69 Å². The van der Waals surface area contributed by atoms with Gasteiger partial charge in [-0.2, -0.15) is 0 Å². The number of hydrogen-bond acceptors (Lipinski definition) is 3. The summed E-state index contributed by atoms with van der Waals surface area (Å²) in [6, 6.07) is 9.66. The van der Waals surface area contributed by atoms with E-state index in [0.29, 0.717) is 5.69 Å². The van der Waals surface area contributed by atoms with Crippen LogP contribution in [0.1, 0.15) is 11.1 Å². The molecule has 1 amide bonds. The fraction of sp³-hybridized carbons (Fsp3) is 0.188. The van der Waals surface area contributed by atoms with Crippen molar-refractivity contribution in [2.24, 2.45) is 0 Å². The highest BCUT2D eigenvalue weighted by atomic mass is 35.5. The molecule has 5 nitrogen and oxygen atoms in total. The highest BCUT2D eigenvalue weighted by Gasteiger charge is 2.19. The van der Waals surface area contributed by atoms with Crippen molar-refractivity contribution in [2.45, 2.75) is 18.7 Å². The summed E-state index contributed by atoms with van der Waals surface area (Å²) in [6.07, 6.45) is 0. The minimum Gasteiger partial charge on any atom is -0.325 e. The molecule has 0 bridgehead atoms. The Balaban J connectivity index is 2.06. The molecule has 0 atom stereocenters. The Morgan fingerprint density at radius 3 is 2.29 bits per heavy atom. The summed E-state index contributed by atoms with van der Waals surface area (Å²) >= 11 is 11.7. The van der Waals surface area contributed by atoms with Gasteiger partial charge in [0.25, 0.3) is 0 Å². The van der Waals surface area contributed by atoms with Crippen LogP contribution < -0.4 is 10.0 Å². The molecule has 2 aromatic carbocycles. The molecule has 0 radical (unpaired) electrons. The topological polar surface area (TPSA) is 75.3 Å². The fourth-order valence-electron chi connectivity index (χ4n) is 2.17. The van der Waals surface area contributed by atoms with Crippen LogP contribution in [0.15, 0.2) is 41.3 Å². The van der Waals surface area contributed by atoms with E-state index in [2.05, 4.69) is 10.0 Å². The molecular weight excluding hydrogens is 371 g/mol. The highest BCUT2D eigenvalue weighted by molar-refractivity contribution is 7.89. The molecule has 0 heterocycles. The van der Waals surface area contributed by atoms with Crippen molar-refractivity contribution in [3.63, 3.8) is 0 Å². The number of hydrogen-bond donors (Lipinski definition) is 2. The van der Waals surface area contributed by atoms with E-state index in [4.69, 9.17) is 23.2 Å². The predicted octanol–water partition coefficient (Wildman–Crippen LogP) is 3.53. The first-order valence-electron chi connectivity index (χ1n) is 7.00. The third kappa shape index (κ3) is 4.95. The summed E-state index contributed by atoms with van der Waals surface area (Å²) in [5.41, 5.74) is 2.60. The number of amides is 1. The number of rotatable bonds is 5. The molecule has 0 fully saturated rings. The molecule has 0 spiro atoms. The summed E-state index contributed by atoms with van der Waals surface area (Å²) in [5.74, 6) is -0.485. The monoisotopic (exact) mass is 386 g/mol.